The number of carboxylic acid groups (broad SMARTS) is 1. The molecule has 1 atom stereocenters. The molecule has 1 saturated heterocycles. The van der Waals surface area contributed by atoms with Gasteiger partial charge in [-0.05, 0) is 48.4 Å². The van der Waals surface area contributed by atoms with Crippen LogP contribution >= 0.6 is 11.6 Å². The maximum atomic E-state index is 12.1. The fourth-order valence-corrected chi connectivity index (χ4v) is 3.51. The Bertz CT molecular complexity index is 964. The number of halogens is 1. The lowest BCUT2D eigenvalue weighted by Gasteiger charge is -2.35. The smallest absolute Gasteiger partial charge is 0.300 e. The molecule has 1 aliphatic heterocycles. The predicted octanol–water partition coefficient (Wildman–Crippen LogP) is 4.91. The average molecular weight is 443 g/mol. The van der Waals surface area contributed by atoms with Gasteiger partial charge in [0.15, 0.2) is 0 Å². The SMILES string of the molecule is CC(=O)O.Clc1ccccc1.O=C1COCC(c2cc3ccccc3[nH]2)N1CC1CC1. The number of morpholine rings is 1. The number of amides is 1. The quantitative estimate of drug-likeness (QED) is 0.603. The number of carbonyl (C=O) groups excluding carboxylic acids is 1. The Hall–Kier alpha value is -2.83. The zero-order valence-corrected chi connectivity index (χ0v) is 18.2. The molecule has 1 amide bonds. The molecule has 0 spiro atoms. The first kappa shape index (κ1) is 22.8. The van der Waals surface area contributed by atoms with E-state index in [0.29, 0.717) is 12.5 Å². The van der Waals surface area contributed by atoms with Crippen LogP contribution in [0.15, 0.2) is 60.7 Å². The highest BCUT2D eigenvalue weighted by Crippen LogP contribution is 2.34. The van der Waals surface area contributed by atoms with E-state index in [0.717, 1.165) is 29.7 Å². The fraction of sp³-hybridized carbons (Fsp3) is 0.333. The molecule has 2 N–H and O–H groups in total. The number of carboxylic acids is 1. The van der Waals surface area contributed by atoms with Crippen molar-refractivity contribution in [3.63, 3.8) is 0 Å². The van der Waals surface area contributed by atoms with Crippen molar-refractivity contribution in [1.29, 1.82) is 0 Å². The zero-order valence-electron chi connectivity index (χ0n) is 17.5. The average Bonchev–Trinajstić information content (AvgIpc) is 3.45. The summed E-state index contributed by atoms with van der Waals surface area (Å²) in [5, 5.41) is 9.40. The van der Waals surface area contributed by atoms with Gasteiger partial charge in [-0.25, -0.2) is 0 Å². The Morgan fingerprint density at radius 1 is 1.16 bits per heavy atom. The monoisotopic (exact) mass is 442 g/mol. The third-order valence-corrected chi connectivity index (χ3v) is 5.24. The topological polar surface area (TPSA) is 82.6 Å². The van der Waals surface area contributed by atoms with Crippen LogP contribution in [0.1, 0.15) is 31.5 Å². The van der Waals surface area contributed by atoms with Crippen molar-refractivity contribution in [3.05, 3.63) is 71.4 Å². The third kappa shape index (κ3) is 7.12. The molecule has 31 heavy (non-hydrogen) atoms. The van der Waals surface area contributed by atoms with Crippen molar-refractivity contribution < 1.29 is 19.4 Å². The van der Waals surface area contributed by atoms with E-state index < -0.39 is 5.97 Å². The van der Waals surface area contributed by atoms with Gasteiger partial charge in [-0.1, -0.05) is 48.0 Å². The van der Waals surface area contributed by atoms with Gasteiger partial charge in [-0.15, -0.1) is 0 Å². The van der Waals surface area contributed by atoms with Crippen molar-refractivity contribution in [2.45, 2.75) is 25.8 Å². The van der Waals surface area contributed by atoms with Crippen LogP contribution < -0.4 is 0 Å². The molecule has 164 valence electrons. The summed E-state index contributed by atoms with van der Waals surface area (Å²) in [6.45, 7) is 2.77. The molecular weight excluding hydrogens is 416 g/mol. The molecule has 5 rings (SSSR count). The van der Waals surface area contributed by atoms with E-state index in [1.807, 2.05) is 47.4 Å². The van der Waals surface area contributed by atoms with Gasteiger partial charge in [0.2, 0.25) is 5.91 Å². The Labute approximate surface area is 186 Å². The molecule has 1 aromatic heterocycles. The maximum absolute atomic E-state index is 12.1. The Morgan fingerprint density at radius 2 is 1.81 bits per heavy atom. The summed E-state index contributed by atoms with van der Waals surface area (Å²) in [7, 11) is 0. The van der Waals surface area contributed by atoms with E-state index in [9.17, 15) is 4.79 Å². The Kier molecular flexibility index (Phi) is 8.09. The number of aromatic nitrogens is 1. The Morgan fingerprint density at radius 3 is 2.39 bits per heavy atom. The number of benzene rings is 2. The summed E-state index contributed by atoms with van der Waals surface area (Å²) in [4.78, 5) is 26.6. The van der Waals surface area contributed by atoms with Crippen molar-refractivity contribution in [2.24, 2.45) is 5.92 Å². The van der Waals surface area contributed by atoms with E-state index >= 15 is 0 Å². The van der Waals surface area contributed by atoms with Gasteiger partial charge in [0.1, 0.15) is 6.61 Å². The summed E-state index contributed by atoms with van der Waals surface area (Å²) in [6.07, 6.45) is 2.51. The highest BCUT2D eigenvalue weighted by molar-refractivity contribution is 6.30. The first-order valence-corrected chi connectivity index (χ1v) is 10.7. The molecule has 1 aliphatic carbocycles. The number of aliphatic carboxylic acids is 1. The maximum Gasteiger partial charge on any atom is 0.300 e. The molecule has 2 heterocycles. The molecule has 2 aliphatic rings. The second-order valence-electron chi connectivity index (χ2n) is 7.65. The summed E-state index contributed by atoms with van der Waals surface area (Å²) in [5.41, 5.74) is 2.20. The molecular formula is C24H27ClN2O4. The standard InChI is InChI=1S/C16H18N2O2.C6H5Cl.C2H4O2/c19-16-10-20-9-15(18(16)8-11-5-6-11)14-7-12-3-1-2-4-13(12)17-14;7-6-4-2-1-3-5-6;1-2(3)4/h1-4,7,11,15,17H,5-6,8-10H2;1-5H;1H3,(H,3,4). The molecule has 2 fully saturated rings. The van der Waals surface area contributed by atoms with E-state index in [-0.39, 0.29) is 18.6 Å². The largest absolute Gasteiger partial charge is 0.481 e. The highest BCUT2D eigenvalue weighted by atomic mass is 35.5. The number of hydrogen-bond acceptors (Lipinski definition) is 3. The van der Waals surface area contributed by atoms with Crippen LogP contribution in [0.25, 0.3) is 10.9 Å². The summed E-state index contributed by atoms with van der Waals surface area (Å²) in [5.74, 6) is -0.0178. The van der Waals surface area contributed by atoms with Crippen molar-refractivity contribution in [3.8, 4) is 0 Å². The van der Waals surface area contributed by atoms with Crippen molar-refractivity contribution in [1.82, 2.24) is 9.88 Å². The normalized spacial score (nSPS) is 17.9. The summed E-state index contributed by atoms with van der Waals surface area (Å²) >= 11 is 5.54. The second kappa shape index (κ2) is 11.0. The van der Waals surface area contributed by atoms with Crippen LogP contribution in [0, 0.1) is 5.92 Å². The minimum Gasteiger partial charge on any atom is -0.481 e. The first-order chi connectivity index (χ1) is 14.9. The van der Waals surface area contributed by atoms with Crippen LogP contribution in [-0.4, -0.2) is 46.6 Å². The van der Waals surface area contributed by atoms with E-state index in [1.54, 1.807) is 0 Å². The lowest BCUT2D eigenvalue weighted by atomic mass is 10.1. The number of ether oxygens (including phenoxy) is 1. The van der Waals surface area contributed by atoms with Crippen molar-refractivity contribution in [2.75, 3.05) is 19.8 Å². The van der Waals surface area contributed by atoms with E-state index in [1.165, 1.54) is 18.2 Å². The lowest BCUT2D eigenvalue weighted by Crippen LogP contribution is -2.45. The lowest BCUT2D eigenvalue weighted by molar-refractivity contribution is -0.149. The number of nitrogens with one attached hydrogen (secondary N) is 1. The molecule has 6 nitrogen and oxygen atoms in total. The number of H-pyrrole nitrogens is 1. The number of nitrogens with zero attached hydrogens (tertiary/aromatic N) is 1. The predicted molar refractivity (Wildman–Crippen MR) is 121 cm³/mol. The molecule has 7 heteroatoms. The van der Waals surface area contributed by atoms with Crippen LogP contribution in [0.5, 0.6) is 0 Å². The number of hydrogen-bond donors (Lipinski definition) is 2. The number of para-hydroxylation sites is 1. The van der Waals surface area contributed by atoms with E-state index in [2.05, 4.69) is 23.2 Å². The minimum absolute atomic E-state index is 0.0317. The summed E-state index contributed by atoms with van der Waals surface area (Å²) in [6, 6.07) is 19.8. The van der Waals surface area contributed by atoms with Gasteiger partial charge in [-0.2, -0.15) is 0 Å². The second-order valence-corrected chi connectivity index (χ2v) is 8.08. The number of rotatable bonds is 3. The third-order valence-electron chi connectivity index (χ3n) is 4.99. The van der Waals surface area contributed by atoms with Gasteiger partial charge < -0.3 is 19.7 Å². The summed E-state index contributed by atoms with van der Waals surface area (Å²) < 4.78 is 5.47. The van der Waals surface area contributed by atoms with Gasteiger partial charge in [-0.3, -0.25) is 9.59 Å². The first-order valence-electron chi connectivity index (χ1n) is 10.3. The molecule has 0 bridgehead atoms. The molecule has 0 radical (unpaired) electrons. The molecule has 1 unspecified atom stereocenters. The number of aromatic amines is 1. The van der Waals surface area contributed by atoms with Crippen LogP contribution in [0.2, 0.25) is 5.02 Å². The molecule has 2 aromatic carbocycles. The van der Waals surface area contributed by atoms with Gasteiger partial charge in [0.05, 0.1) is 12.6 Å². The van der Waals surface area contributed by atoms with Gasteiger partial charge >= 0.3 is 0 Å². The number of carbonyl (C=O) groups is 2. The van der Waals surface area contributed by atoms with Gasteiger partial charge in [0.25, 0.3) is 5.97 Å². The highest BCUT2D eigenvalue weighted by Gasteiger charge is 2.35. The van der Waals surface area contributed by atoms with Crippen LogP contribution in [0.4, 0.5) is 0 Å². The Balaban J connectivity index is 0.000000206. The van der Waals surface area contributed by atoms with Crippen LogP contribution in [-0.2, 0) is 14.3 Å². The fourth-order valence-electron chi connectivity index (χ4n) is 3.36. The number of fused-ring (bicyclic) bond motifs is 1. The molecule has 1 saturated carbocycles. The zero-order chi connectivity index (χ0) is 22.2. The van der Waals surface area contributed by atoms with E-state index in [4.69, 9.17) is 26.2 Å². The van der Waals surface area contributed by atoms with Crippen LogP contribution in [0.3, 0.4) is 0 Å². The molecule has 3 aromatic rings. The van der Waals surface area contributed by atoms with Gasteiger partial charge in [0, 0.05) is 29.7 Å². The van der Waals surface area contributed by atoms with Crippen molar-refractivity contribution >= 4 is 34.4 Å². The minimum atomic E-state index is -0.833.